The number of para-hydroxylation sites is 1. The van der Waals surface area contributed by atoms with Crippen LogP contribution in [0.1, 0.15) is 12.5 Å². The summed E-state index contributed by atoms with van der Waals surface area (Å²) < 4.78 is 26.0. The molecule has 0 radical (unpaired) electrons. The fraction of sp³-hybridized carbons (Fsp3) is 0.167. The number of sulfone groups is 1. The van der Waals surface area contributed by atoms with Crippen molar-refractivity contribution < 1.29 is 8.42 Å². The van der Waals surface area contributed by atoms with Crippen molar-refractivity contribution >= 4 is 55.2 Å². The third-order valence-corrected chi connectivity index (χ3v) is 7.78. The summed E-state index contributed by atoms with van der Waals surface area (Å²) in [5.74, 6) is 0. The average molecular weight is 425 g/mol. The fourth-order valence-electron chi connectivity index (χ4n) is 3.13. The number of hydrogen-bond acceptors (Lipinski definition) is 5. The van der Waals surface area contributed by atoms with Crippen LogP contribution in [0.25, 0.3) is 0 Å². The fourth-order valence-corrected chi connectivity index (χ4v) is 6.26. The van der Waals surface area contributed by atoms with Crippen molar-refractivity contribution in [2.24, 2.45) is 0 Å². The Morgan fingerprint density at radius 1 is 1.12 bits per heavy atom. The molecule has 0 saturated heterocycles. The zero-order valence-corrected chi connectivity index (χ0v) is 16.8. The van der Waals surface area contributed by atoms with Crippen molar-refractivity contribution in [2.45, 2.75) is 29.3 Å². The van der Waals surface area contributed by atoms with E-state index in [0.717, 1.165) is 12.1 Å². The molecule has 134 valence electrons. The van der Waals surface area contributed by atoms with Gasteiger partial charge >= 0.3 is 0 Å². The second kappa shape index (κ2) is 6.53. The van der Waals surface area contributed by atoms with Crippen LogP contribution in [-0.2, 0) is 16.3 Å². The molecule has 0 unspecified atom stereocenters. The Bertz CT molecular complexity index is 1080. The summed E-state index contributed by atoms with van der Waals surface area (Å²) in [6.07, 6.45) is 0.882. The van der Waals surface area contributed by atoms with Crippen LogP contribution < -0.4 is 4.90 Å². The minimum atomic E-state index is -3.81. The first-order valence-electron chi connectivity index (χ1n) is 7.92. The summed E-state index contributed by atoms with van der Waals surface area (Å²) >= 11 is 13.3. The number of rotatable bonds is 3. The van der Waals surface area contributed by atoms with Crippen molar-refractivity contribution in [3.63, 3.8) is 0 Å². The lowest BCUT2D eigenvalue weighted by Gasteiger charge is -2.21. The summed E-state index contributed by atoms with van der Waals surface area (Å²) in [5, 5.41) is 0.939. The molecule has 0 bridgehead atoms. The Balaban J connectivity index is 1.78. The molecular formula is C18H14Cl2N2O2S2. The molecule has 2 heterocycles. The SMILES string of the molecule is C[C@H]1Cc2ccccc2N1c1nc(S(=O)(=O)c2ccc(Cl)cc2)c(Cl)s1. The molecule has 0 saturated carbocycles. The first kappa shape index (κ1) is 17.8. The summed E-state index contributed by atoms with van der Waals surface area (Å²) in [7, 11) is -3.81. The van der Waals surface area contributed by atoms with Crippen molar-refractivity contribution in [1.29, 1.82) is 0 Å². The topological polar surface area (TPSA) is 50.3 Å². The number of halogens is 2. The molecule has 1 atom stereocenters. The van der Waals surface area contributed by atoms with E-state index in [1.165, 1.54) is 41.2 Å². The standard InChI is InChI=1S/C18H14Cl2N2O2S2/c1-11-10-12-4-2-3-5-15(12)22(11)18-21-17(16(20)25-18)26(23,24)14-8-6-13(19)7-9-14/h2-9,11H,10H2,1H3/t11-/m0/s1. The van der Waals surface area contributed by atoms with E-state index in [2.05, 4.69) is 18.0 Å². The summed E-state index contributed by atoms with van der Waals surface area (Å²) in [4.78, 5) is 6.57. The lowest BCUT2D eigenvalue weighted by atomic mass is 10.1. The van der Waals surface area contributed by atoms with Crippen LogP contribution in [0.3, 0.4) is 0 Å². The van der Waals surface area contributed by atoms with Gasteiger partial charge in [-0.25, -0.2) is 13.4 Å². The maximum Gasteiger partial charge on any atom is 0.226 e. The molecule has 8 heteroatoms. The number of benzene rings is 2. The van der Waals surface area contributed by atoms with Crippen molar-refractivity contribution in [2.75, 3.05) is 4.90 Å². The smallest absolute Gasteiger partial charge is 0.226 e. The van der Waals surface area contributed by atoms with Gasteiger partial charge in [0.25, 0.3) is 0 Å². The lowest BCUT2D eigenvalue weighted by Crippen LogP contribution is -2.23. The number of anilines is 2. The number of fused-ring (bicyclic) bond motifs is 1. The van der Waals surface area contributed by atoms with Crippen LogP contribution in [0.2, 0.25) is 9.36 Å². The molecule has 0 spiro atoms. The Hall–Kier alpha value is -1.60. The molecule has 0 fully saturated rings. The van der Waals surface area contributed by atoms with Gasteiger partial charge in [-0.2, -0.15) is 0 Å². The third kappa shape index (κ3) is 2.91. The van der Waals surface area contributed by atoms with Crippen molar-refractivity contribution in [3.05, 3.63) is 63.5 Å². The third-order valence-electron chi connectivity index (χ3n) is 4.34. The Morgan fingerprint density at radius 2 is 1.81 bits per heavy atom. The second-order valence-corrected chi connectivity index (χ2v) is 9.97. The summed E-state index contributed by atoms with van der Waals surface area (Å²) in [6.45, 7) is 2.09. The van der Waals surface area contributed by atoms with Gasteiger partial charge in [-0.3, -0.25) is 0 Å². The van der Waals surface area contributed by atoms with E-state index in [9.17, 15) is 8.42 Å². The number of hydrogen-bond donors (Lipinski definition) is 0. The molecule has 2 aromatic carbocycles. The van der Waals surface area contributed by atoms with Crippen LogP contribution in [0.4, 0.5) is 10.8 Å². The van der Waals surface area contributed by atoms with E-state index in [1.807, 2.05) is 23.1 Å². The van der Waals surface area contributed by atoms with Gasteiger partial charge in [0.1, 0.15) is 4.34 Å². The summed E-state index contributed by atoms with van der Waals surface area (Å²) in [5.41, 5.74) is 2.26. The minimum Gasteiger partial charge on any atom is -0.314 e. The van der Waals surface area contributed by atoms with Gasteiger partial charge in [0, 0.05) is 16.8 Å². The summed E-state index contributed by atoms with van der Waals surface area (Å²) in [6, 6.07) is 14.2. The van der Waals surface area contributed by atoms with Crippen molar-refractivity contribution in [1.82, 2.24) is 4.98 Å². The Labute approximate surface area is 165 Å². The number of aromatic nitrogens is 1. The van der Waals surface area contributed by atoms with Gasteiger partial charge in [-0.15, -0.1) is 0 Å². The van der Waals surface area contributed by atoms with Gasteiger partial charge in [-0.05, 0) is 49.2 Å². The molecule has 4 nitrogen and oxygen atoms in total. The van der Waals surface area contributed by atoms with Crippen LogP contribution >= 0.6 is 34.5 Å². The Kier molecular flexibility index (Phi) is 4.47. The van der Waals surface area contributed by atoms with E-state index in [0.29, 0.717) is 10.2 Å². The van der Waals surface area contributed by atoms with Gasteiger partial charge < -0.3 is 4.90 Å². The molecule has 1 aliphatic rings. The van der Waals surface area contributed by atoms with Gasteiger partial charge in [0.2, 0.25) is 9.84 Å². The molecule has 1 aromatic heterocycles. The maximum atomic E-state index is 12.9. The molecule has 26 heavy (non-hydrogen) atoms. The minimum absolute atomic E-state index is 0.113. The average Bonchev–Trinajstić information content (AvgIpc) is 3.14. The van der Waals surface area contributed by atoms with E-state index in [1.54, 1.807) is 0 Å². The largest absolute Gasteiger partial charge is 0.314 e. The van der Waals surface area contributed by atoms with E-state index < -0.39 is 9.84 Å². The van der Waals surface area contributed by atoms with Crippen LogP contribution in [0, 0.1) is 0 Å². The quantitative estimate of drug-likeness (QED) is 0.567. The normalized spacial score (nSPS) is 16.7. The highest BCUT2D eigenvalue weighted by molar-refractivity contribution is 7.91. The first-order chi connectivity index (χ1) is 12.4. The molecular weight excluding hydrogens is 411 g/mol. The highest BCUT2D eigenvalue weighted by atomic mass is 35.5. The Morgan fingerprint density at radius 3 is 2.54 bits per heavy atom. The highest BCUT2D eigenvalue weighted by Crippen LogP contribution is 2.43. The molecule has 0 N–H and O–H groups in total. The van der Waals surface area contributed by atoms with Gasteiger partial charge in [0.15, 0.2) is 10.2 Å². The molecule has 3 aromatic rings. The molecule has 0 aliphatic carbocycles. The second-order valence-electron chi connectivity index (χ2n) is 6.08. The zero-order valence-electron chi connectivity index (χ0n) is 13.7. The van der Waals surface area contributed by atoms with E-state index in [4.69, 9.17) is 23.2 Å². The maximum absolute atomic E-state index is 12.9. The predicted octanol–water partition coefficient (Wildman–Crippen LogP) is 5.37. The van der Waals surface area contributed by atoms with E-state index in [-0.39, 0.29) is 20.3 Å². The predicted molar refractivity (Wildman–Crippen MR) is 106 cm³/mol. The van der Waals surface area contributed by atoms with Gasteiger partial charge in [-0.1, -0.05) is 52.7 Å². The van der Waals surface area contributed by atoms with E-state index >= 15 is 0 Å². The van der Waals surface area contributed by atoms with Crippen LogP contribution in [0.15, 0.2) is 58.5 Å². The van der Waals surface area contributed by atoms with Gasteiger partial charge in [0.05, 0.1) is 4.90 Å². The van der Waals surface area contributed by atoms with Crippen LogP contribution in [-0.4, -0.2) is 19.4 Å². The number of thiazole rings is 1. The number of nitrogens with zero attached hydrogens (tertiary/aromatic N) is 2. The van der Waals surface area contributed by atoms with Crippen LogP contribution in [0.5, 0.6) is 0 Å². The first-order valence-corrected chi connectivity index (χ1v) is 11.0. The monoisotopic (exact) mass is 424 g/mol. The zero-order chi connectivity index (χ0) is 18.5. The lowest BCUT2D eigenvalue weighted by molar-refractivity contribution is 0.593. The molecule has 1 aliphatic heterocycles. The molecule has 4 rings (SSSR count). The highest BCUT2D eigenvalue weighted by Gasteiger charge is 2.32. The van der Waals surface area contributed by atoms with Crippen molar-refractivity contribution in [3.8, 4) is 0 Å². The molecule has 0 amide bonds.